The predicted octanol–water partition coefficient (Wildman–Crippen LogP) is 4.95. The quantitative estimate of drug-likeness (QED) is 0.559. The summed E-state index contributed by atoms with van der Waals surface area (Å²) in [5.41, 5.74) is 3.02. The second-order valence-electron chi connectivity index (χ2n) is 8.50. The Morgan fingerprint density at radius 3 is 2.56 bits per heavy atom. The van der Waals surface area contributed by atoms with Crippen molar-refractivity contribution in [2.45, 2.75) is 32.9 Å². The number of urea groups is 1. The van der Waals surface area contributed by atoms with Crippen LogP contribution in [0.3, 0.4) is 0 Å². The van der Waals surface area contributed by atoms with Crippen molar-refractivity contribution in [3.63, 3.8) is 0 Å². The average Bonchev–Trinajstić information content (AvgIpc) is 3.29. The van der Waals surface area contributed by atoms with Gasteiger partial charge in [0.2, 0.25) is 5.91 Å². The minimum absolute atomic E-state index is 0.131. The highest BCUT2D eigenvalue weighted by Crippen LogP contribution is 2.32. The van der Waals surface area contributed by atoms with Crippen LogP contribution in [0.1, 0.15) is 36.2 Å². The lowest BCUT2D eigenvalue weighted by Gasteiger charge is -2.38. The molecule has 6 nitrogen and oxygen atoms in total. The molecule has 0 fully saturated rings. The minimum atomic E-state index is -0.868. The first-order valence-corrected chi connectivity index (χ1v) is 11.4. The molecule has 178 valence electrons. The highest BCUT2D eigenvalue weighted by molar-refractivity contribution is 5.92. The number of anilines is 1. The van der Waals surface area contributed by atoms with Crippen molar-refractivity contribution in [3.8, 4) is 0 Å². The molecule has 2 heterocycles. The van der Waals surface area contributed by atoms with Gasteiger partial charge in [-0.05, 0) is 43.2 Å². The lowest BCUT2D eigenvalue weighted by molar-refractivity contribution is -0.134. The summed E-state index contributed by atoms with van der Waals surface area (Å²) >= 11 is 0. The van der Waals surface area contributed by atoms with Gasteiger partial charge in [-0.2, -0.15) is 0 Å². The Morgan fingerprint density at radius 1 is 1.09 bits per heavy atom. The molecule has 1 aliphatic rings. The summed E-state index contributed by atoms with van der Waals surface area (Å²) in [6.45, 7) is 5.25. The molecule has 8 heteroatoms. The summed E-state index contributed by atoms with van der Waals surface area (Å²) in [5.74, 6) is -1.79. The lowest BCUT2D eigenvalue weighted by Crippen LogP contribution is -2.49. The molecular weight excluding hydrogens is 438 g/mol. The molecule has 34 heavy (non-hydrogen) atoms. The van der Waals surface area contributed by atoms with Crippen LogP contribution >= 0.6 is 0 Å². The molecule has 3 aromatic rings. The standard InChI is InChI=1S/C26H28F2N4O2/c1-3-12-31(26(34)29-22-11-10-20(27)16-21(22)28)17-24(33)32-15-14-30-13-4-5-23(30)25(32)19-8-6-18(2)7-9-19/h4-11,13,16,25H,3,12,14-15,17H2,1-2H3,(H,29,34). The third kappa shape index (κ3) is 4.95. The molecule has 0 spiro atoms. The molecule has 1 atom stereocenters. The van der Waals surface area contributed by atoms with E-state index in [9.17, 15) is 18.4 Å². The number of hydrogen-bond acceptors (Lipinski definition) is 2. The van der Waals surface area contributed by atoms with Gasteiger partial charge >= 0.3 is 6.03 Å². The highest BCUT2D eigenvalue weighted by atomic mass is 19.1. The average molecular weight is 467 g/mol. The number of aromatic nitrogens is 1. The van der Waals surface area contributed by atoms with Gasteiger partial charge in [0, 0.05) is 37.6 Å². The SMILES string of the molecule is CCCN(CC(=O)N1CCn2cccc2C1c1ccc(C)cc1)C(=O)Nc1ccc(F)cc1F. The summed E-state index contributed by atoms with van der Waals surface area (Å²) < 4.78 is 29.4. The molecule has 0 aliphatic carbocycles. The van der Waals surface area contributed by atoms with Gasteiger partial charge in [0.15, 0.2) is 0 Å². The third-order valence-corrected chi connectivity index (χ3v) is 6.03. The summed E-state index contributed by atoms with van der Waals surface area (Å²) in [4.78, 5) is 29.6. The van der Waals surface area contributed by atoms with Gasteiger partial charge in [0.1, 0.15) is 18.2 Å². The zero-order valence-electron chi connectivity index (χ0n) is 19.3. The van der Waals surface area contributed by atoms with Crippen LogP contribution in [0, 0.1) is 18.6 Å². The molecule has 1 N–H and O–H groups in total. The Kier molecular flexibility index (Phi) is 6.95. The van der Waals surface area contributed by atoms with E-state index in [0.29, 0.717) is 32.1 Å². The molecule has 1 aliphatic heterocycles. The smallest absolute Gasteiger partial charge is 0.322 e. The Bertz CT molecular complexity index is 1180. The predicted molar refractivity (Wildman–Crippen MR) is 126 cm³/mol. The summed E-state index contributed by atoms with van der Waals surface area (Å²) in [6.07, 6.45) is 2.63. The number of nitrogens with zero attached hydrogens (tertiary/aromatic N) is 3. The molecule has 0 bridgehead atoms. The van der Waals surface area contributed by atoms with Crippen molar-refractivity contribution in [2.24, 2.45) is 0 Å². The second kappa shape index (κ2) is 10.1. The van der Waals surface area contributed by atoms with E-state index >= 15 is 0 Å². The normalized spacial score (nSPS) is 15.1. The first-order chi connectivity index (χ1) is 16.4. The highest BCUT2D eigenvalue weighted by Gasteiger charge is 2.33. The van der Waals surface area contributed by atoms with Crippen LogP contribution in [0.4, 0.5) is 19.3 Å². The third-order valence-electron chi connectivity index (χ3n) is 6.03. The number of fused-ring (bicyclic) bond motifs is 1. The van der Waals surface area contributed by atoms with Gasteiger partial charge in [-0.3, -0.25) is 4.79 Å². The molecule has 2 aromatic carbocycles. The van der Waals surface area contributed by atoms with Crippen molar-refractivity contribution in [3.05, 3.63) is 89.2 Å². The molecule has 1 unspecified atom stereocenters. The van der Waals surface area contributed by atoms with Crippen LogP contribution in [0.15, 0.2) is 60.8 Å². The minimum Gasteiger partial charge on any atom is -0.348 e. The van der Waals surface area contributed by atoms with Gasteiger partial charge < -0.3 is 19.7 Å². The lowest BCUT2D eigenvalue weighted by atomic mass is 9.98. The fraction of sp³-hybridized carbons (Fsp3) is 0.308. The van der Waals surface area contributed by atoms with Crippen molar-refractivity contribution >= 4 is 17.6 Å². The van der Waals surface area contributed by atoms with Gasteiger partial charge in [0.05, 0.1) is 11.7 Å². The molecule has 0 saturated heterocycles. The van der Waals surface area contributed by atoms with Crippen molar-refractivity contribution in [1.82, 2.24) is 14.4 Å². The summed E-state index contributed by atoms with van der Waals surface area (Å²) in [5, 5.41) is 2.46. The second-order valence-corrected chi connectivity index (χ2v) is 8.50. The van der Waals surface area contributed by atoms with Gasteiger partial charge in [0.25, 0.3) is 0 Å². The Morgan fingerprint density at radius 2 is 1.85 bits per heavy atom. The van der Waals surface area contributed by atoms with E-state index in [1.807, 2.05) is 56.4 Å². The summed E-state index contributed by atoms with van der Waals surface area (Å²) in [7, 11) is 0. The molecule has 0 saturated carbocycles. The van der Waals surface area contributed by atoms with Gasteiger partial charge in [-0.1, -0.05) is 36.8 Å². The van der Waals surface area contributed by atoms with Crippen LogP contribution in [0.25, 0.3) is 0 Å². The maximum absolute atomic E-state index is 14.0. The Labute approximate surface area is 197 Å². The number of benzene rings is 2. The van der Waals surface area contributed by atoms with Crippen LogP contribution in [0.2, 0.25) is 0 Å². The van der Waals surface area contributed by atoms with Crippen LogP contribution < -0.4 is 5.32 Å². The van der Waals surface area contributed by atoms with Crippen LogP contribution in [-0.2, 0) is 11.3 Å². The monoisotopic (exact) mass is 466 g/mol. The maximum Gasteiger partial charge on any atom is 0.322 e. The number of rotatable bonds is 6. The number of halogens is 2. The summed E-state index contributed by atoms with van der Waals surface area (Å²) in [6, 6.07) is 14.2. The zero-order valence-corrected chi connectivity index (χ0v) is 19.3. The van der Waals surface area contributed by atoms with Gasteiger partial charge in [-0.15, -0.1) is 0 Å². The Hall–Kier alpha value is -3.68. The topological polar surface area (TPSA) is 57.6 Å². The largest absolute Gasteiger partial charge is 0.348 e. The van der Waals surface area contributed by atoms with Gasteiger partial charge in [-0.25, -0.2) is 13.6 Å². The van der Waals surface area contributed by atoms with Crippen LogP contribution in [-0.4, -0.2) is 45.9 Å². The van der Waals surface area contributed by atoms with E-state index in [-0.39, 0.29) is 24.2 Å². The number of hydrogen-bond donors (Lipinski definition) is 1. The zero-order chi connectivity index (χ0) is 24.2. The van der Waals surface area contributed by atoms with Crippen molar-refractivity contribution < 1.29 is 18.4 Å². The number of carbonyl (C=O) groups is 2. The molecule has 0 radical (unpaired) electrons. The maximum atomic E-state index is 14.0. The number of aryl methyl sites for hydroxylation is 1. The van der Waals surface area contributed by atoms with E-state index in [1.54, 1.807) is 4.90 Å². The van der Waals surface area contributed by atoms with Crippen molar-refractivity contribution in [2.75, 3.05) is 25.0 Å². The van der Waals surface area contributed by atoms with Crippen LogP contribution in [0.5, 0.6) is 0 Å². The fourth-order valence-corrected chi connectivity index (χ4v) is 4.31. The van der Waals surface area contributed by atoms with E-state index < -0.39 is 17.7 Å². The van der Waals surface area contributed by atoms with E-state index in [2.05, 4.69) is 9.88 Å². The van der Waals surface area contributed by atoms with E-state index in [4.69, 9.17) is 0 Å². The molecular formula is C26H28F2N4O2. The van der Waals surface area contributed by atoms with E-state index in [0.717, 1.165) is 22.9 Å². The number of nitrogens with one attached hydrogen (secondary N) is 1. The fourth-order valence-electron chi connectivity index (χ4n) is 4.31. The molecule has 4 rings (SSSR count). The number of carbonyl (C=O) groups excluding carboxylic acids is 2. The molecule has 3 amide bonds. The van der Waals surface area contributed by atoms with E-state index in [1.165, 1.54) is 11.0 Å². The first kappa shape index (κ1) is 23.5. The molecule has 1 aromatic heterocycles. The number of amides is 3. The Balaban J connectivity index is 1.55. The van der Waals surface area contributed by atoms with Crippen molar-refractivity contribution in [1.29, 1.82) is 0 Å². The first-order valence-electron chi connectivity index (χ1n) is 11.4.